The monoisotopic (exact) mass is 351 g/mol. The van der Waals surface area contributed by atoms with Gasteiger partial charge in [0, 0.05) is 12.6 Å². The molecule has 0 fully saturated rings. The highest BCUT2D eigenvalue weighted by molar-refractivity contribution is 5.67. The van der Waals surface area contributed by atoms with Crippen LogP contribution in [0.25, 0.3) is 11.4 Å². The molecule has 2 N–H and O–H groups in total. The fourth-order valence-electron chi connectivity index (χ4n) is 2.68. The molecule has 0 saturated heterocycles. The van der Waals surface area contributed by atoms with Gasteiger partial charge in [-0.05, 0) is 48.6 Å². The molecule has 3 rings (SSSR count). The van der Waals surface area contributed by atoms with Crippen LogP contribution in [0.15, 0.2) is 54.9 Å². The molecule has 134 valence electrons. The molecule has 0 aliphatic rings. The minimum absolute atomic E-state index is 0.161. The van der Waals surface area contributed by atoms with Crippen LogP contribution in [0.2, 0.25) is 0 Å². The molecule has 0 bridgehead atoms. The standard InChI is InChI=1S/C20H21N3O3/c24-20(25)9-6-16-4-1-3-15(13-16)5-2-12-26-17-7-8-18(21-14-17)19-10-11-22-23-19/h1,3-4,7-8,10-11,13-14H,2,5-6,9,12H2,(H,22,23)(H,24,25). The van der Waals surface area contributed by atoms with Crippen molar-refractivity contribution in [2.75, 3.05) is 6.61 Å². The molecule has 0 aliphatic carbocycles. The lowest BCUT2D eigenvalue weighted by Crippen LogP contribution is -2.01. The second-order valence-corrected chi connectivity index (χ2v) is 6.02. The number of H-pyrrole nitrogens is 1. The number of carbonyl (C=O) groups is 1. The SMILES string of the molecule is O=C(O)CCc1cccc(CCCOc2ccc(-c3ccn[nH]3)nc2)c1. The zero-order valence-electron chi connectivity index (χ0n) is 14.4. The van der Waals surface area contributed by atoms with Crippen LogP contribution in [-0.2, 0) is 17.6 Å². The van der Waals surface area contributed by atoms with Crippen LogP contribution in [0.5, 0.6) is 5.75 Å². The van der Waals surface area contributed by atoms with E-state index in [1.54, 1.807) is 12.4 Å². The van der Waals surface area contributed by atoms with E-state index in [1.807, 2.05) is 30.3 Å². The number of pyridine rings is 1. The summed E-state index contributed by atoms with van der Waals surface area (Å²) in [5, 5.41) is 15.6. The largest absolute Gasteiger partial charge is 0.492 e. The highest BCUT2D eigenvalue weighted by Gasteiger charge is 2.03. The first-order valence-corrected chi connectivity index (χ1v) is 8.59. The van der Waals surface area contributed by atoms with Gasteiger partial charge in [0.05, 0.1) is 24.2 Å². The van der Waals surface area contributed by atoms with Crippen molar-refractivity contribution in [1.29, 1.82) is 0 Å². The molecule has 0 aliphatic heterocycles. The van der Waals surface area contributed by atoms with Gasteiger partial charge in [-0.1, -0.05) is 24.3 Å². The van der Waals surface area contributed by atoms with Crippen LogP contribution in [-0.4, -0.2) is 32.9 Å². The number of aliphatic carboxylic acids is 1. The first kappa shape index (κ1) is 17.7. The van der Waals surface area contributed by atoms with Gasteiger partial charge in [0.15, 0.2) is 0 Å². The van der Waals surface area contributed by atoms with Crippen molar-refractivity contribution < 1.29 is 14.6 Å². The van der Waals surface area contributed by atoms with Gasteiger partial charge in [-0.25, -0.2) is 0 Å². The number of aryl methyl sites for hydroxylation is 2. The summed E-state index contributed by atoms with van der Waals surface area (Å²) in [5.74, 6) is -0.0283. The third kappa shape index (κ3) is 5.17. The summed E-state index contributed by atoms with van der Waals surface area (Å²) >= 11 is 0. The lowest BCUT2D eigenvalue weighted by Gasteiger charge is -2.07. The highest BCUT2D eigenvalue weighted by Crippen LogP contribution is 2.17. The van der Waals surface area contributed by atoms with E-state index < -0.39 is 5.97 Å². The first-order valence-electron chi connectivity index (χ1n) is 8.59. The number of carboxylic acids is 1. The molecule has 6 heteroatoms. The van der Waals surface area contributed by atoms with E-state index in [4.69, 9.17) is 9.84 Å². The summed E-state index contributed by atoms with van der Waals surface area (Å²) in [6, 6.07) is 13.7. The highest BCUT2D eigenvalue weighted by atomic mass is 16.5. The Morgan fingerprint density at radius 1 is 1.12 bits per heavy atom. The van der Waals surface area contributed by atoms with Gasteiger partial charge in [0.2, 0.25) is 0 Å². The van der Waals surface area contributed by atoms with Crippen LogP contribution >= 0.6 is 0 Å². The molecule has 0 atom stereocenters. The minimum Gasteiger partial charge on any atom is -0.492 e. The fraction of sp³-hybridized carbons (Fsp3) is 0.250. The average molecular weight is 351 g/mol. The molecular weight excluding hydrogens is 330 g/mol. The van der Waals surface area contributed by atoms with Crippen LogP contribution in [0.3, 0.4) is 0 Å². The van der Waals surface area contributed by atoms with Crippen molar-refractivity contribution in [2.45, 2.75) is 25.7 Å². The number of hydrogen-bond acceptors (Lipinski definition) is 4. The Labute approximate surface area is 151 Å². The number of ether oxygens (including phenoxy) is 1. The molecule has 6 nitrogen and oxygen atoms in total. The van der Waals surface area contributed by atoms with Gasteiger partial charge < -0.3 is 9.84 Å². The summed E-state index contributed by atoms with van der Waals surface area (Å²) < 4.78 is 5.74. The summed E-state index contributed by atoms with van der Waals surface area (Å²) in [6.45, 7) is 0.602. The molecular formula is C20H21N3O3. The lowest BCUT2D eigenvalue weighted by molar-refractivity contribution is -0.136. The van der Waals surface area contributed by atoms with Gasteiger partial charge in [-0.3, -0.25) is 14.9 Å². The fourth-order valence-corrected chi connectivity index (χ4v) is 2.68. The Bertz CT molecular complexity index is 830. The molecule has 2 heterocycles. The second-order valence-electron chi connectivity index (χ2n) is 6.02. The molecule has 0 radical (unpaired) electrons. The summed E-state index contributed by atoms with van der Waals surface area (Å²) in [7, 11) is 0. The lowest BCUT2D eigenvalue weighted by atomic mass is 10.0. The van der Waals surface area contributed by atoms with Crippen LogP contribution in [0.4, 0.5) is 0 Å². The van der Waals surface area contributed by atoms with Gasteiger partial charge in [-0.15, -0.1) is 0 Å². The Hall–Kier alpha value is -3.15. The summed E-state index contributed by atoms with van der Waals surface area (Å²) in [4.78, 5) is 15.0. The van der Waals surface area contributed by atoms with Crippen molar-refractivity contribution in [3.8, 4) is 17.1 Å². The number of aromatic amines is 1. The van der Waals surface area contributed by atoms with Crippen molar-refractivity contribution in [3.05, 3.63) is 66.0 Å². The molecule has 0 unspecified atom stereocenters. The second kappa shape index (κ2) is 8.80. The maximum atomic E-state index is 10.7. The smallest absolute Gasteiger partial charge is 0.303 e. The van der Waals surface area contributed by atoms with E-state index in [9.17, 15) is 4.79 Å². The first-order chi connectivity index (χ1) is 12.7. The van der Waals surface area contributed by atoms with Crippen molar-refractivity contribution >= 4 is 5.97 Å². The van der Waals surface area contributed by atoms with E-state index in [2.05, 4.69) is 27.3 Å². The van der Waals surface area contributed by atoms with Gasteiger partial charge >= 0.3 is 5.97 Å². The summed E-state index contributed by atoms with van der Waals surface area (Å²) in [6.07, 6.45) is 5.90. The van der Waals surface area contributed by atoms with Gasteiger partial charge in [0.25, 0.3) is 0 Å². The number of carboxylic acid groups (broad SMARTS) is 1. The van der Waals surface area contributed by atoms with Crippen molar-refractivity contribution in [1.82, 2.24) is 15.2 Å². The summed E-state index contributed by atoms with van der Waals surface area (Å²) in [5.41, 5.74) is 3.96. The predicted octanol–water partition coefficient (Wildman–Crippen LogP) is 3.50. The Morgan fingerprint density at radius 2 is 1.96 bits per heavy atom. The van der Waals surface area contributed by atoms with Crippen molar-refractivity contribution in [2.24, 2.45) is 0 Å². The average Bonchev–Trinajstić information content (AvgIpc) is 3.19. The van der Waals surface area contributed by atoms with Crippen LogP contribution in [0, 0.1) is 0 Å². The van der Waals surface area contributed by atoms with E-state index >= 15 is 0 Å². The van der Waals surface area contributed by atoms with Gasteiger partial charge in [0.1, 0.15) is 5.75 Å². The van der Waals surface area contributed by atoms with E-state index in [-0.39, 0.29) is 6.42 Å². The third-order valence-corrected chi connectivity index (χ3v) is 4.01. The molecule has 3 aromatic rings. The maximum Gasteiger partial charge on any atom is 0.303 e. The molecule has 26 heavy (non-hydrogen) atoms. The van der Waals surface area contributed by atoms with Crippen molar-refractivity contribution in [3.63, 3.8) is 0 Å². The number of nitrogens with one attached hydrogen (secondary N) is 1. The van der Waals surface area contributed by atoms with E-state index in [0.717, 1.165) is 35.5 Å². The quantitative estimate of drug-likeness (QED) is 0.576. The minimum atomic E-state index is -0.768. The molecule has 0 saturated carbocycles. The van der Waals surface area contributed by atoms with Crippen LogP contribution < -0.4 is 4.74 Å². The zero-order valence-corrected chi connectivity index (χ0v) is 14.4. The van der Waals surface area contributed by atoms with E-state index in [0.29, 0.717) is 13.0 Å². The molecule has 1 aromatic carbocycles. The number of rotatable bonds is 9. The number of nitrogens with zero attached hydrogens (tertiary/aromatic N) is 2. The van der Waals surface area contributed by atoms with Crippen LogP contribution in [0.1, 0.15) is 24.0 Å². The number of aromatic nitrogens is 3. The van der Waals surface area contributed by atoms with Gasteiger partial charge in [-0.2, -0.15) is 5.10 Å². The third-order valence-electron chi connectivity index (χ3n) is 4.01. The normalized spacial score (nSPS) is 10.6. The zero-order chi connectivity index (χ0) is 18.2. The maximum absolute atomic E-state index is 10.7. The number of hydrogen-bond donors (Lipinski definition) is 2. The molecule has 0 spiro atoms. The van der Waals surface area contributed by atoms with E-state index in [1.165, 1.54) is 5.56 Å². The Balaban J connectivity index is 1.44. The molecule has 2 aromatic heterocycles. The number of benzene rings is 1. The predicted molar refractivity (Wildman–Crippen MR) is 98.0 cm³/mol. The Kier molecular flexibility index (Phi) is 5.98. The molecule has 0 amide bonds. The Morgan fingerprint density at radius 3 is 2.65 bits per heavy atom. The topological polar surface area (TPSA) is 88.1 Å².